The first kappa shape index (κ1) is 25.7. The number of rotatable bonds is 9. The van der Waals surface area contributed by atoms with Gasteiger partial charge in [-0.25, -0.2) is 4.98 Å². The van der Waals surface area contributed by atoms with E-state index in [0.717, 1.165) is 5.56 Å². The topological polar surface area (TPSA) is 77.0 Å². The Kier molecular flexibility index (Phi) is 11.2. The molecule has 0 aliphatic rings. The van der Waals surface area contributed by atoms with Crippen molar-refractivity contribution in [2.45, 2.75) is 39.7 Å². The Morgan fingerprint density at radius 2 is 1.83 bits per heavy atom. The monoisotopic (exact) mass is 536 g/mol. The van der Waals surface area contributed by atoms with Crippen molar-refractivity contribution in [1.29, 1.82) is 0 Å². The zero-order valence-corrected chi connectivity index (χ0v) is 19.6. The molecular formula is C20H27F2IN4O3. The number of methoxy groups -OCH3 is 1. The van der Waals surface area contributed by atoms with E-state index in [9.17, 15) is 8.78 Å². The fourth-order valence-electron chi connectivity index (χ4n) is 2.44. The molecule has 7 nitrogen and oxygen atoms in total. The van der Waals surface area contributed by atoms with Crippen LogP contribution in [0.4, 0.5) is 8.78 Å². The van der Waals surface area contributed by atoms with Crippen LogP contribution in [0.25, 0.3) is 0 Å². The minimum atomic E-state index is -2.91. The van der Waals surface area contributed by atoms with Gasteiger partial charge in [0.05, 0.1) is 13.2 Å². The largest absolute Gasteiger partial charge is 0.497 e. The van der Waals surface area contributed by atoms with Crippen molar-refractivity contribution < 1.29 is 23.0 Å². The molecule has 0 saturated heterocycles. The Hall–Kier alpha value is -2.37. The van der Waals surface area contributed by atoms with E-state index in [1.807, 2.05) is 19.9 Å². The summed E-state index contributed by atoms with van der Waals surface area (Å²) in [6.45, 7) is 1.67. The molecule has 2 N–H and O–H groups in total. The van der Waals surface area contributed by atoms with Crippen LogP contribution in [0.1, 0.15) is 25.0 Å². The Balaban J connectivity index is 0.00000450. The number of hydrogen-bond acceptors (Lipinski definition) is 5. The highest BCUT2D eigenvalue weighted by Gasteiger charge is 2.11. The second-order valence-corrected chi connectivity index (χ2v) is 6.30. The Labute approximate surface area is 192 Å². The lowest BCUT2D eigenvalue weighted by molar-refractivity contribution is -0.0505. The number of hydrogen-bond donors (Lipinski definition) is 2. The first-order valence-corrected chi connectivity index (χ1v) is 9.09. The van der Waals surface area contributed by atoms with Crippen LogP contribution in [0, 0.1) is 0 Å². The van der Waals surface area contributed by atoms with E-state index in [4.69, 9.17) is 9.47 Å². The van der Waals surface area contributed by atoms with Gasteiger partial charge in [0.2, 0.25) is 5.88 Å². The summed E-state index contributed by atoms with van der Waals surface area (Å²) in [7, 11) is 3.13. The van der Waals surface area contributed by atoms with Gasteiger partial charge in [0.1, 0.15) is 11.5 Å². The van der Waals surface area contributed by atoms with Crippen molar-refractivity contribution >= 4 is 29.9 Å². The molecule has 1 heterocycles. The Morgan fingerprint density at radius 3 is 2.40 bits per heavy atom. The molecule has 2 aromatic rings. The van der Waals surface area contributed by atoms with Gasteiger partial charge in [-0.15, -0.1) is 24.0 Å². The molecule has 0 fully saturated rings. The van der Waals surface area contributed by atoms with Crippen molar-refractivity contribution in [2.75, 3.05) is 14.2 Å². The van der Waals surface area contributed by atoms with E-state index >= 15 is 0 Å². The van der Waals surface area contributed by atoms with Crippen molar-refractivity contribution in [1.82, 2.24) is 15.6 Å². The number of halogens is 3. The summed E-state index contributed by atoms with van der Waals surface area (Å²) in [5, 5.41) is 6.21. The van der Waals surface area contributed by atoms with Gasteiger partial charge in [-0.1, -0.05) is 6.07 Å². The van der Waals surface area contributed by atoms with Crippen LogP contribution in [-0.2, 0) is 13.1 Å². The molecule has 30 heavy (non-hydrogen) atoms. The quantitative estimate of drug-likeness (QED) is 0.287. The lowest BCUT2D eigenvalue weighted by atomic mass is 10.2. The van der Waals surface area contributed by atoms with E-state index < -0.39 is 6.61 Å². The van der Waals surface area contributed by atoms with Crippen LogP contribution in [0.5, 0.6) is 17.4 Å². The molecule has 0 atom stereocenters. The molecule has 0 radical (unpaired) electrons. The first-order chi connectivity index (χ1) is 13.9. The number of aromatic nitrogens is 1. The van der Waals surface area contributed by atoms with Crippen molar-refractivity contribution in [3.63, 3.8) is 0 Å². The van der Waals surface area contributed by atoms with Crippen molar-refractivity contribution in [3.05, 3.63) is 47.7 Å². The first-order valence-electron chi connectivity index (χ1n) is 9.09. The minimum absolute atomic E-state index is 0. The maximum atomic E-state index is 12.6. The van der Waals surface area contributed by atoms with Crippen LogP contribution < -0.4 is 24.8 Å². The van der Waals surface area contributed by atoms with Gasteiger partial charge in [0.15, 0.2) is 5.96 Å². The van der Waals surface area contributed by atoms with Gasteiger partial charge in [-0.3, -0.25) is 4.99 Å². The van der Waals surface area contributed by atoms with Gasteiger partial charge in [-0.05, 0) is 37.6 Å². The average Bonchev–Trinajstić information content (AvgIpc) is 2.69. The number of nitrogens with one attached hydrogen (secondary N) is 2. The molecule has 1 aromatic heterocycles. The van der Waals surface area contributed by atoms with Crippen LogP contribution >= 0.6 is 24.0 Å². The van der Waals surface area contributed by atoms with Gasteiger partial charge in [0.25, 0.3) is 0 Å². The number of guanidine groups is 1. The van der Waals surface area contributed by atoms with Gasteiger partial charge in [-0.2, -0.15) is 8.78 Å². The molecule has 2 rings (SSSR count). The van der Waals surface area contributed by atoms with Crippen LogP contribution in [0.2, 0.25) is 0 Å². The summed E-state index contributed by atoms with van der Waals surface area (Å²) < 4.78 is 40.5. The highest BCUT2D eigenvalue weighted by molar-refractivity contribution is 14.0. The smallest absolute Gasteiger partial charge is 0.387 e. The molecule has 0 aliphatic carbocycles. The fraction of sp³-hybridized carbons (Fsp3) is 0.400. The lowest BCUT2D eigenvalue weighted by Crippen LogP contribution is -2.36. The standard InChI is InChI=1S/C20H26F2N4O3.HI/c1-13(2)28-18-8-5-14(10-24-18)11-25-20(23-3)26-12-15-9-16(27-4)6-7-17(15)29-19(21)22;/h5-10,13,19H,11-12H2,1-4H3,(H2,23,25,26);1H. The molecular weight excluding hydrogens is 509 g/mol. The number of pyridine rings is 1. The van der Waals surface area contributed by atoms with Gasteiger partial charge >= 0.3 is 6.61 Å². The SMILES string of the molecule is CN=C(NCc1ccc(OC(C)C)nc1)NCc1cc(OC)ccc1OC(F)F.I. The van der Waals surface area contributed by atoms with Crippen molar-refractivity contribution in [2.24, 2.45) is 4.99 Å². The maximum Gasteiger partial charge on any atom is 0.387 e. The van der Waals surface area contributed by atoms with Crippen LogP contribution in [0.3, 0.4) is 0 Å². The van der Waals surface area contributed by atoms with E-state index in [0.29, 0.717) is 29.7 Å². The molecule has 166 valence electrons. The lowest BCUT2D eigenvalue weighted by Gasteiger charge is -2.15. The number of ether oxygens (including phenoxy) is 3. The molecule has 0 saturated carbocycles. The predicted octanol–water partition coefficient (Wildman–Crippen LogP) is 3.96. The highest BCUT2D eigenvalue weighted by Crippen LogP contribution is 2.25. The van der Waals surface area contributed by atoms with Gasteiger partial charge in [0, 0.05) is 38.0 Å². The molecule has 0 aliphatic heterocycles. The van der Waals surface area contributed by atoms with E-state index in [1.54, 1.807) is 31.4 Å². The minimum Gasteiger partial charge on any atom is -0.497 e. The third-order valence-electron chi connectivity index (χ3n) is 3.77. The molecule has 0 unspecified atom stereocenters. The van der Waals surface area contributed by atoms with Crippen LogP contribution in [-0.4, -0.2) is 37.8 Å². The maximum absolute atomic E-state index is 12.6. The second-order valence-electron chi connectivity index (χ2n) is 6.30. The fourth-order valence-corrected chi connectivity index (χ4v) is 2.44. The summed E-state index contributed by atoms with van der Waals surface area (Å²) >= 11 is 0. The highest BCUT2D eigenvalue weighted by atomic mass is 127. The summed E-state index contributed by atoms with van der Waals surface area (Å²) in [4.78, 5) is 8.39. The van der Waals surface area contributed by atoms with E-state index in [1.165, 1.54) is 13.2 Å². The summed E-state index contributed by atoms with van der Waals surface area (Å²) in [6, 6.07) is 8.35. The van der Waals surface area contributed by atoms with Crippen LogP contribution in [0.15, 0.2) is 41.5 Å². The average molecular weight is 536 g/mol. The summed E-state index contributed by atoms with van der Waals surface area (Å²) in [6.07, 6.45) is 1.78. The molecule has 0 amide bonds. The third kappa shape index (κ3) is 8.56. The third-order valence-corrected chi connectivity index (χ3v) is 3.77. The normalized spacial score (nSPS) is 11.1. The van der Waals surface area contributed by atoms with E-state index in [-0.39, 0.29) is 42.4 Å². The number of alkyl halides is 2. The van der Waals surface area contributed by atoms with E-state index in [2.05, 4.69) is 25.3 Å². The Morgan fingerprint density at radius 1 is 1.10 bits per heavy atom. The zero-order chi connectivity index (χ0) is 21.2. The molecule has 0 spiro atoms. The molecule has 0 bridgehead atoms. The predicted molar refractivity (Wildman–Crippen MR) is 122 cm³/mol. The second kappa shape index (κ2) is 13.0. The number of benzene rings is 1. The molecule has 1 aromatic carbocycles. The molecule has 10 heteroatoms. The Bertz CT molecular complexity index is 805. The van der Waals surface area contributed by atoms with Gasteiger partial charge < -0.3 is 24.8 Å². The number of aliphatic imine (C=N–C) groups is 1. The number of nitrogens with zero attached hydrogens (tertiary/aromatic N) is 2. The van der Waals surface area contributed by atoms with Crippen molar-refractivity contribution in [3.8, 4) is 17.4 Å². The summed E-state index contributed by atoms with van der Waals surface area (Å²) in [5.41, 5.74) is 1.46. The zero-order valence-electron chi connectivity index (χ0n) is 17.3. The summed E-state index contributed by atoms with van der Waals surface area (Å²) in [5.74, 6) is 1.68.